The molecule has 1 aromatic heterocycles. The van der Waals surface area contributed by atoms with Crippen molar-refractivity contribution >= 4 is 28.4 Å². The lowest BCUT2D eigenvalue weighted by atomic mass is 9.99. The van der Waals surface area contributed by atoms with E-state index in [-0.39, 0.29) is 6.04 Å². The van der Waals surface area contributed by atoms with Crippen LogP contribution in [0.2, 0.25) is 0 Å². The van der Waals surface area contributed by atoms with Crippen molar-refractivity contribution in [2.45, 2.75) is 44.6 Å². The Bertz CT molecular complexity index is 1480. The van der Waals surface area contributed by atoms with Gasteiger partial charge < -0.3 is 21.3 Å². The van der Waals surface area contributed by atoms with Gasteiger partial charge in [0.25, 0.3) is 0 Å². The number of hydrogen-bond donors (Lipinski definition) is 3. The highest BCUT2D eigenvalue weighted by atomic mass is 32.1. The van der Waals surface area contributed by atoms with Crippen LogP contribution < -0.4 is 16.4 Å². The molecule has 4 N–H and O–H groups in total. The van der Waals surface area contributed by atoms with Gasteiger partial charge in [-0.1, -0.05) is 86.5 Å². The molecule has 1 fully saturated rings. The summed E-state index contributed by atoms with van der Waals surface area (Å²) in [5, 5.41) is 9.28. The summed E-state index contributed by atoms with van der Waals surface area (Å²) in [6, 6.07) is 29.6. The molecular formula is C37H42N4S. The van der Waals surface area contributed by atoms with E-state index in [2.05, 4.69) is 120 Å². The average molecular weight is 575 g/mol. The number of nitrogen functional groups attached to an aromatic ring is 1. The van der Waals surface area contributed by atoms with Crippen LogP contribution >= 0.6 is 11.3 Å². The number of benzene rings is 3. The zero-order valence-electron chi connectivity index (χ0n) is 24.4. The first-order valence-corrected chi connectivity index (χ1v) is 15.7. The maximum Gasteiger partial charge on any atom is 0.0692 e. The van der Waals surface area contributed by atoms with Crippen molar-refractivity contribution < 1.29 is 0 Å². The van der Waals surface area contributed by atoms with Crippen LogP contribution in [0.5, 0.6) is 0 Å². The standard InChI is InChI=1S/C37H42N4S/c1-27(14-15-30-11-6-4-7-12-30)39-35(29(3)41-22-8-5-9-23-41)25-31-16-18-32(19-17-31)28(2)40-36-26-33(20-21-34(36)38)37-13-10-24-42-37/h4,6-7,10-13,16-21,24,26,35,39-40H,1-3,5,8-9,14-15,22-23,25,38H2. The smallest absolute Gasteiger partial charge is 0.0692 e. The van der Waals surface area contributed by atoms with Gasteiger partial charge in [0.2, 0.25) is 0 Å². The summed E-state index contributed by atoms with van der Waals surface area (Å²) in [4.78, 5) is 3.67. The number of piperidine rings is 1. The van der Waals surface area contributed by atoms with Gasteiger partial charge in [-0.15, -0.1) is 11.3 Å². The third-order valence-electron chi connectivity index (χ3n) is 7.99. The second kappa shape index (κ2) is 14.1. The minimum atomic E-state index is 0.0957. The molecule has 0 aliphatic carbocycles. The third-order valence-corrected chi connectivity index (χ3v) is 8.91. The van der Waals surface area contributed by atoms with Gasteiger partial charge in [0, 0.05) is 35.1 Å². The third kappa shape index (κ3) is 7.74. The molecule has 0 bridgehead atoms. The van der Waals surface area contributed by atoms with E-state index >= 15 is 0 Å². The van der Waals surface area contributed by atoms with E-state index in [1.165, 1.54) is 35.3 Å². The highest BCUT2D eigenvalue weighted by Crippen LogP contribution is 2.32. The molecule has 4 nitrogen and oxygen atoms in total. The van der Waals surface area contributed by atoms with Gasteiger partial charge in [-0.05, 0) is 84.4 Å². The SMILES string of the molecule is C=C(CCc1ccccc1)NC(Cc1ccc(C(=C)Nc2cc(-c3cccs3)ccc2N)cc1)C(=C)N1CCCCC1. The molecule has 4 aromatic rings. The van der Waals surface area contributed by atoms with E-state index < -0.39 is 0 Å². The molecule has 0 saturated carbocycles. The molecule has 5 rings (SSSR count). The maximum absolute atomic E-state index is 6.31. The fourth-order valence-corrected chi connectivity index (χ4v) is 6.21. The predicted molar refractivity (Wildman–Crippen MR) is 182 cm³/mol. The quantitative estimate of drug-likeness (QED) is 0.140. The fourth-order valence-electron chi connectivity index (χ4n) is 5.49. The van der Waals surface area contributed by atoms with Gasteiger partial charge in [0.1, 0.15) is 0 Å². The van der Waals surface area contributed by atoms with E-state index in [0.29, 0.717) is 5.69 Å². The van der Waals surface area contributed by atoms with Crippen molar-refractivity contribution in [1.29, 1.82) is 0 Å². The van der Waals surface area contributed by atoms with Crippen LogP contribution in [-0.4, -0.2) is 24.0 Å². The molecule has 1 aliphatic rings. The average Bonchev–Trinajstić information content (AvgIpc) is 3.57. The number of thiophene rings is 1. The summed E-state index contributed by atoms with van der Waals surface area (Å²) >= 11 is 1.72. The van der Waals surface area contributed by atoms with Crippen LogP contribution in [0.4, 0.5) is 11.4 Å². The van der Waals surface area contributed by atoms with Crippen LogP contribution in [0.3, 0.4) is 0 Å². The Morgan fingerprint density at radius 1 is 0.857 bits per heavy atom. The van der Waals surface area contributed by atoms with Crippen molar-refractivity contribution in [2.75, 3.05) is 24.1 Å². The van der Waals surface area contributed by atoms with E-state index in [0.717, 1.165) is 66.3 Å². The van der Waals surface area contributed by atoms with Crippen molar-refractivity contribution in [3.05, 3.63) is 138 Å². The summed E-state index contributed by atoms with van der Waals surface area (Å²) in [7, 11) is 0. The molecule has 0 amide bonds. The van der Waals surface area contributed by atoms with Crippen LogP contribution in [-0.2, 0) is 12.8 Å². The fraction of sp³-hybridized carbons (Fsp3) is 0.243. The molecule has 1 unspecified atom stereocenters. The Hall–Kier alpha value is -4.22. The topological polar surface area (TPSA) is 53.3 Å². The minimum Gasteiger partial charge on any atom is -0.397 e. The van der Waals surface area contributed by atoms with Gasteiger partial charge in [-0.2, -0.15) is 0 Å². The first kappa shape index (κ1) is 29.3. The predicted octanol–water partition coefficient (Wildman–Crippen LogP) is 8.73. The first-order valence-electron chi connectivity index (χ1n) is 14.9. The zero-order chi connectivity index (χ0) is 29.3. The summed E-state index contributed by atoms with van der Waals surface area (Å²) in [6.45, 7) is 15.4. The lowest BCUT2D eigenvalue weighted by Crippen LogP contribution is -2.41. The second-order valence-corrected chi connectivity index (χ2v) is 12.1. The zero-order valence-corrected chi connectivity index (χ0v) is 25.3. The number of allylic oxidation sites excluding steroid dienone is 1. The van der Waals surface area contributed by atoms with Gasteiger partial charge in [-0.25, -0.2) is 0 Å². The number of hydrogen-bond acceptors (Lipinski definition) is 5. The van der Waals surface area contributed by atoms with Crippen molar-refractivity contribution in [3.63, 3.8) is 0 Å². The van der Waals surface area contributed by atoms with E-state index in [4.69, 9.17) is 5.73 Å². The largest absolute Gasteiger partial charge is 0.397 e. The van der Waals surface area contributed by atoms with Crippen LogP contribution in [0, 0.1) is 0 Å². The molecular weight excluding hydrogens is 533 g/mol. The summed E-state index contributed by atoms with van der Waals surface area (Å²) < 4.78 is 0. The molecule has 1 atom stereocenters. The van der Waals surface area contributed by atoms with Gasteiger partial charge in [0.15, 0.2) is 0 Å². The first-order chi connectivity index (χ1) is 20.5. The van der Waals surface area contributed by atoms with E-state index in [9.17, 15) is 0 Å². The monoisotopic (exact) mass is 574 g/mol. The highest BCUT2D eigenvalue weighted by Gasteiger charge is 2.21. The molecule has 3 aromatic carbocycles. The van der Waals surface area contributed by atoms with Crippen molar-refractivity contribution in [2.24, 2.45) is 0 Å². The van der Waals surface area contributed by atoms with Crippen LogP contribution in [0.15, 0.2) is 121 Å². The normalized spacial score (nSPS) is 13.8. The van der Waals surface area contributed by atoms with Crippen LogP contribution in [0.1, 0.15) is 42.4 Å². The maximum atomic E-state index is 6.31. The Morgan fingerprint density at radius 2 is 1.62 bits per heavy atom. The van der Waals surface area contributed by atoms with Crippen molar-refractivity contribution in [3.8, 4) is 10.4 Å². The lowest BCUT2D eigenvalue weighted by molar-refractivity contribution is 0.264. The molecule has 1 saturated heterocycles. The van der Waals surface area contributed by atoms with Gasteiger partial charge >= 0.3 is 0 Å². The van der Waals surface area contributed by atoms with E-state index in [1.54, 1.807) is 11.3 Å². The van der Waals surface area contributed by atoms with Crippen molar-refractivity contribution in [1.82, 2.24) is 10.2 Å². The number of nitrogens with zero attached hydrogens (tertiary/aromatic N) is 1. The molecule has 1 aliphatic heterocycles. The Kier molecular flexibility index (Phi) is 9.83. The molecule has 42 heavy (non-hydrogen) atoms. The number of nitrogens with one attached hydrogen (secondary N) is 2. The molecule has 0 radical (unpaired) electrons. The summed E-state index contributed by atoms with van der Waals surface area (Å²) in [5.74, 6) is 0. The van der Waals surface area contributed by atoms with E-state index in [1.807, 2.05) is 6.07 Å². The minimum absolute atomic E-state index is 0.0957. The second-order valence-electron chi connectivity index (χ2n) is 11.1. The Labute approximate surface area is 255 Å². The highest BCUT2D eigenvalue weighted by molar-refractivity contribution is 7.13. The summed E-state index contributed by atoms with van der Waals surface area (Å²) in [6.07, 6.45) is 6.47. The molecule has 2 heterocycles. The molecule has 5 heteroatoms. The molecule has 216 valence electrons. The number of aryl methyl sites for hydroxylation is 1. The molecule has 0 spiro atoms. The Morgan fingerprint density at radius 3 is 2.33 bits per heavy atom. The number of nitrogens with two attached hydrogens (primary N) is 1. The number of anilines is 2. The Balaban J connectivity index is 1.25. The van der Waals surface area contributed by atoms with Gasteiger partial charge in [-0.3, -0.25) is 0 Å². The lowest BCUT2D eigenvalue weighted by Gasteiger charge is -2.35. The summed E-state index contributed by atoms with van der Waals surface area (Å²) in [5.41, 5.74) is 15.7. The van der Waals surface area contributed by atoms with Crippen LogP contribution in [0.25, 0.3) is 16.1 Å². The van der Waals surface area contributed by atoms with Gasteiger partial charge in [0.05, 0.1) is 17.4 Å². The number of rotatable bonds is 13. The number of likely N-dealkylation sites (tertiary alicyclic amines) is 1.